The first-order valence-corrected chi connectivity index (χ1v) is 11.6. The van der Waals surface area contributed by atoms with Crippen molar-refractivity contribution in [2.45, 2.75) is 32.1 Å². The van der Waals surface area contributed by atoms with Gasteiger partial charge in [0.25, 0.3) is 5.56 Å². The van der Waals surface area contributed by atoms with Gasteiger partial charge in [0.05, 0.1) is 17.0 Å². The maximum Gasteiger partial charge on any atom is 0.272 e. The summed E-state index contributed by atoms with van der Waals surface area (Å²) in [5, 5.41) is 8.01. The number of nitrogens with one attached hydrogen (secondary N) is 1. The zero-order valence-corrected chi connectivity index (χ0v) is 19.3. The molecule has 0 spiro atoms. The zero-order valence-electron chi connectivity index (χ0n) is 19.3. The van der Waals surface area contributed by atoms with Gasteiger partial charge in [-0.1, -0.05) is 30.3 Å². The van der Waals surface area contributed by atoms with Gasteiger partial charge >= 0.3 is 0 Å². The average molecular weight is 451 g/mol. The van der Waals surface area contributed by atoms with Crippen molar-refractivity contribution >= 4 is 16.7 Å². The number of nitrogens with zero attached hydrogens (tertiary/aromatic N) is 3. The van der Waals surface area contributed by atoms with Gasteiger partial charge in [-0.3, -0.25) is 9.59 Å². The summed E-state index contributed by atoms with van der Waals surface area (Å²) in [6.07, 6.45) is 3.02. The third-order valence-electron chi connectivity index (χ3n) is 6.75. The van der Waals surface area contributed by atoms with Crippen molar-refractivity contribution in [3.05, 3.63) is 76.0 Å². The highest BCUT2D eigenvalue weighted by molar-refractivity contribution is 5.90. The summed E-state index contributed by atoms with van der Waals surface area (Å²) in [7, 11) is 1.85. The summed E-state index contributed by atoms with van der Waals surface area (Å²) in [5.41, 5.74) is 1.52. The number of likely N-dealkylation sites (tertiary alicyclic amines) is 1. The van der Waals surface area contributed by atoms with Gasteiger partial charge in [0.15, 0.2) is 0 Å². The highest BCUT2D eigenvalue weighted by Gasteiger charge is 2.26. The van der Waals surface area contributed by atoms with Gasteiger partial charge in [-0.05, 0) is 69.0 Å². The van der Waals surface area contributed by atoms with Crippen LogP contribution in [0.2, 0.25) is 0 Å². The Kier molecular flexibility index (Phi) is 7.18. The molecule has 7 heteroatoms. The molecule has 0 bridgehead atoms. The van der Waals surface area contributed by atoms with Gasteiger partial charge < -0.3 is 9.80 Å². The normalized spacial score (nSPS) is 16.1. The largest absolute Gasteiger partial charge is 0.345 e. The Hall–Kier alpha value is -3.06. The van der Waals surface area contributed by atoms with Crippen molar-refractivity contribution in [2.24, 2.45) is 5.92 Å². The number of likely N-dealkylation sites (N-methyl/N-ethyl adjacent to an activating group) is 1. The number of halogens is 1. The molecule has 2 aromatic carbocycles. The van der Waals surface area contributed by atoms with Crippen molar-refractivity contribution in [3.8, 4) is 0 Å². The zero-order chi connectivity index (χ0) is 23.4. The molecule has 1 aliphatic heterocycles. The smallest absolute Gasteiger partial charge is 0.272 e. The van der Waals surface area contributed by atoms with E-state index in [1.54, 1.807) is 6.07 Å². The maximum absolute atomic E-state index is 13.2. The Morgan fingerprint density at radius 3 is 2.52 bits per heavy atom. The Bertz CT molecular complexity index is 1150. The fourth-order valence-corrected chi connectivity index (χ4v) is 4.72. The van der Waals surface area contributed by atoms with E-state index in [9.17, 15) is 14.0 Å². The molecular weight excluding hydrogens is 419 g/mol. The Balaban J connectivity index is 1.29. The first kappa shape index (κ1) is 23.1. The van der Waals surface area contributed by atoms with Crippen LogP contribution >= 0.6 is 0 Å². The number of hydrogen-bond acceptors (Lipinski definition) is 4. The number of hydrogen-bond donors (Lipinski definition) is 1. The molecule has 4 rings (SSSR count). The monoisotopic (exact) mass is 450 g/mol. The second-order valence-electron chi connectivity index (χ2n) is 9.09. The van der Waals surface area contributed by atoms with E-state index < -0.39 is 5.92 Å². The lowest BCUT2D eigenvalue weighted by molar-refractivity contribution is -0.132. The maximum atomic E-state index is 13.2. The van der Waals surface area contributed by atoms with Gasteiger partial charge in [0, 0.05) is 25.5 Å². The van der Waals surface area contributed by atoms with E-state index in [4.69, 9.17) is 0 Å². The highest BCUT2D eigenvalue weighted by Crippen LogP contribution is 2.24. The fraction of sp³-hybridized carbons (Fsp3) is 0.423. The lowest BCUT2D eigenvalue weighted by Gasteiger charge is -2.34. The topological polar surface area (TPSA) is 69.3 Å². The molecule has 1 N–H and O–H groups in total. The van der Waals surface area contributed by atoms with E-state index >= 15 is 0 Å². The van der Waals surface area contributed by atoms with E-state index in [-0.39, 0.29) is 17.3 Å². The van der Waals surface area contributed by atoms with Crippen LogP contribution in [0.3, 0.4) is 0 Å². The molecule has 1 aromatic heterocycles. The SMILES string of the molecule is CC(C(=O)N(C)CC1CCN(CCc2ccc(F)cc2)CC1)c1n[nH]c(=O)c2ccccc12. The summed E-state index contributed by atoms with van der Waals surface area (Å²) < 4.78 is 13.1. The van der Waals surface area contributed by atoms with Gasteiger partial charge in [-0.2, -0.15) is 5.10 Å². The van der Waals surface area contributed by atoms with Crippen LogP contribution in [0.25, 0.3) is 10.8 Å². The molecule has 0 saturated carbocycles. The van der Waals surface area contributed by atoms with Crippen LogP contribution in [0.1, 0.15) is 36.9 Å². The van der Waals surface area contributed by atoms with E-state index in [0.29, 0.717) is 17.0 Å². The fourth-order valence-electron chi connectivity index (χ4n) is 4.72. The van der Waals surface area contributed by atoms with Crippen molar-refractivity contribution in [2.75, 3.05) is 33.2 Å². The van der Waals surface area contributed by atoms with Crippen molar-refractivity contribution in [1.82, 2.24) is 20.0 Å². The molecule has 1 aliphatic rings. The second kappa shape index (κ2) is 10.3. The molecule has 33 heavy (non-hydrogen) atoms. The quantitative estimate of drug-likeness (QED) is 0.597. The van der Waals surface area contributed by atoms with Crippen LogP contribution in [-0.4, -0.2) is 59.1 Å². The van der Waals surface area contributed by atoms with Crippen molar-refractivity contribution in [3.63, 3.8) is 0 Å². The van der Waals surface area contributed by atoms with Gasteiger partial charge in [0.2, 0.25) is 5.91 Å². The number of H-pyrrole nitrogens is 1. The van der Waals surface area contributed by atoms with Gasteiger partial charge in [-0.25, -0.2) is 9.49 Å². The van der Waals surface area contributed by atoms with E-state index in [0.717, 1.165) is 56.4 Å². The molecule has 0 aliphatic carbocycles. The predicted octanol–water partition coefficient (Wildman–Crippen LogP) is 3.58. The van der Waals surface area contributed by atoms with Crippen LogP contribution in [0.15, 0.2) is 53.3 Å². The molecule has 1 amide bonds. The lowest BCUT2D eigenvalue weighted by atomic mass is 9.95. The number of fused-ring (bicyclic) bond motifs is 1. The molecular formula is C26H31FN4O2. The second-order valence-corrected chi connectivity index (χ2v) is 9.09. The molecule has 6 nitrogen and oxygen atoms in total. The molecule has 1 saturated heterocycles. The van der Waals surface area contributed by atoms with E-state index in [2.05, 4.69) is 15.1 Å². The minimum atomic E-state index is -0.437. The van der Waals surface area contributed by atoms with Gasteiger partial charge in [-0.15, -0.1) is 0 Å². The summed E-state index contributed by atoms with van der Waals surface area (Å²) in [6, 6.07) is 14.0. The Labute approximate surface area is 193 Å². The van der Waals surface area contributed by atoms with Crippen molar-refractivity contribution in [1.29, 1.82) is 0 Å². The first-order valence-electron chi connectivity index (χ1n) is 11.6. The number of carbonyl (C=O) groups excluding carboxylic acids is 1. The first-order chi connectivity index (χ1) is 15.9. The molecule has 1 unspecified atom stereocenters. The third-order valence-corrected chi connectivity index (χ3v) is 6.75. The number of amides is 1. The van der Waals surface area contributed by atoms with Crippen LogP contribution in [0.4, 0.5) is 4.39 Å². The van der Waals surface area contributed by atoms with Crippen LogP contribution in [0.5, 0.6) is 0 Å². The summed E-state index contributed by atoms with van der Waals surface area (Å²) >= 11 is 0. The molecule has 0 radical (unpaired) electrons. The summed E-state index contributed by atoms with van der Waals surface area (Å²) in [5.74, 6) is -0.156. The van der Waals surface area contributed by atoms with Crippen molar-refractivity contribution < 1.29 is 9.18 Å². The highest BCUT2D eigenvalue weighted by atomic mass is 19.1. The van der Waals surface area contributed by atoms with E-state index in [1.165, 1.54) is 12.1 Å². The van der Waals surface area contributed by atoms with Crippen LogP contribution in [-0.2, 0) is 11.2 Å². The number of aromatic amines is 1. The molecule has 1 atom stereocenters. The molecule has 1 fully saturated rings. The minimum absolute atomic E-state index is 0.0124. The lowest BCUT2D eigenvalue weighted by Crippen LogP contribution is -2.41. The Morgan fingerprint density at radius 1 is 1.15 bits per heavy atom. The molecule has 174 valence electrons. The number of piperidine rings is 1. The standard InChI is InChI=1S/C26H31FN4O2/c1-18(24-22-5-3-4-6-23(22)25(32)29-28-24)26(33)30(2)17-20-12-15-31(16-13-20)14-11-19-7-9-21(27)10-8-19/h3-10,18,20H,11-17H2,1-2H3,(H,29,32). The molecule has 3 aromatic rings. The third kappa shape index (κ3) is 5.47. The van der Waals surface area contributed by atoms with Gasteiger partial charge in [0.1, 0.15) is 5.82 Å². The molecule has 2 heterocycles. The van der Waals surface area contributed by atoms with E-state index in [1.807, 2.05) is 49.2 Å². The number of rotatable bonds is 7. The number of benzene rings is 2. The number of carbonyl (C=O) groups is 1. The van der Waals surface area contributed by atoms with Crippen LogP contribution < -0.4 is 5.56 Å². The summed E-state index contributed by atoms with van der Waals surface area (Å²) in [6.45, 7) is 5.56. The average Bonchev–Trinajstić information content (AvgIpc) is 2.84. The predicted molar refractivity (Wildman–Crippen MR) is 128 cm³/mol. The number of aromatic nitrogens is 2. The van der Waals surface area contributed by atoms with Crippen LogP contribution in [0, 0.1) is 11.7 Å². The summed E-state index contributed by atoms with van der Waals surface area (Å²) in [4.78, 5) is 29.5. The minimum Gasteiger partial charge on any atom is -0.345 e. The Morgan fingerprint density at radius 2 is 1.82 bits per heavy atom.